The molecule has 0 saturated carbocycles. The SMILES string of the molecule is Cc1cnn(C)c1C1C=C(C(=O)N[C@@H](Cc2ccccc2C(F)(F)F)CN2C(=O)c3ccccc3C2=O)OC1C. The maximum atomic E-state index is 13.8. The van der Waals surface area contributed by atoms with Crippen LogP contribution in [-0.4, -0.2) is 51.1 Å². The van der Waals surface area contributed by atoms with Crippen molar-refractivity contribution in [2.75, 3.05) is 6.54 Å². The number of carbonyl (C=O) groups excluding carboxylic acids is 3. The van der Waals surface area contributed by atoms with Gasteiger partial charge in [-0.15, -0.1) is 0 Å². The lowest BCUT2D eigenvalue weighted by Crippen LogP contribution is -2.47. The van der Waals surface area contributed by atoms with Crippen molar-refractivity contribution in [1.82, 2.24) is 20.0 Å². The van der Waals surface area contributed by atoms with E-state index in [0.717, 1.165) is 22.2 Å². The number of nitrogens with one attached hydrogen (secondary N) is 1. The Kier molecular flexibility index (Phi) is 6.99. The van der Waals surface area contributed by atoms with Crippen molar-refractivity contribution in [1.29, 1.82) is 0 Å². The first-order chi connectivity index (χ1) is 19.0. The van der Waals surface area contributed by atoms with Crippen LogP contribution < -0.4 is 5.32 Å². The quantitative estimate of drug-likeness (QED) is 0.445. The van der Waals surface area contributed by atoms with E-state index in [4.69, 9.17) is 4.74 Å². The lowest BCUT2D eigenvalue weighted by Gasteiger charge is -2.25. The Labute approximate surface area is 228 Å². The number of nitrogens with zero attached hydrogens (tertiary/aromatic N) is 3. The minimum Gasteiger partial charge on any atom is -0.484 e. The number of aryl methyl sites for hydroxylation is 2. The van der Waals surface area contributed by atoms with Crippen molar-refractivity contribution in [3.05, 3.63) is 100 Å². The second-order valence-corrected chi connectivity index (χ2v) is 10.0. The van der Waals surface area contributed by atoms with Gasteiger partial charge >= 0.3 is 6.18 Å². The number of ether oxygens (including phenoxy) is 1. The molecule has 40 heavy (non-hydrogen) atoms. The number of hydrogen-bond donors (Lipinski definition) is 1. The molecule has 1 N–H and O–H groups in total. The Bertz CT molecular complexity index is 1470. The second-order valence-electron chi connectivity index (χ2n) is 10.0. The molecule has 0 bridgehead atoms. The fraction of sp³-hybridized carbons (Fsp3) is 0.310. The van der Waals surface area contributed by atoms with Gasteiger partial charge in [0.05, 0.1) is 40.5 Å². The predicted octanol–water partition coefficient (Wildman–Crippen LogP) is 4.16. The van der Waals surface area contributed by atoms with Crippen LogP contribution in [0.2, 0.25) is 0 Å². The molecule has 5 rings (SSSR count). The third kappa shape index (κ3) is 4.99. The Morgan fingerprint density at radius 3 is 2.30 bits per heavy atom. The van der Waals surface area contributed by atoms with Crippen molar-refractivity contribution in [3.63, 3.8) is 0 Å². The molecule has 208 valence electrons. The van der Waals surface area contributed by atoms with Crippen molar-refractivity contribution in [3.8, 4) is 0 Å². The molecule has 2 aromatic carbocycles. The molecule has 3 atom stereocenters. The molecule has 2 aliphatic rings. The Morgan fingerprint density at radius 1 is 1.07 bits per heavy atom. The third-order valence-electron chi connectivity index (χ3n) is 7.27. The Hall–Kier alpha value is -4.41. The number of aromatic nitrogens is 2. The van der Waals surface area contributed by atoms with Crippen LogP contribution in [0.25, 0.3) is 0 Å². The highest BCUT2D eigenvalue weighted by Crippen LogP contribution is 2.35. The summed E-state index contributed by atoms with van der Waals surface area (Å²) in [6.07, 6.45) is -1.92. The summed E-state index contributed by atoms with van der Waals surface area (Å²) in [5.74, 6) is -2.05. The minimum absolute atomic E-state index is 0.00886. The van der Waals surface area contributed by atoms with E-state index in [1.165, 1.54) is 30.3 Å². The average Bonchev–Trinajstić information content (AvgIpc) is 3.53. The predicted molar refractivity (Wildman–Crippen MR) is 138 cm³/mol. The number of fused-ring (bicyclic) bond motifs is 1. The Balaban J connectivity index is 1.43. The van der Waals surface area contributed by atoms with Crippen molar-refractivity contribution < 1.29 is 32.3 Å². The highest BCUT2D eigenvalue weighted by molar-refractivity contribution is 6.21. The van der Waals surface area contributed by atoms with Crippen LogP contribution in [0.15, 0.2) is 66.6 Å². The molecule has 2 unspecified atom stereocenters. The van der Waals surface area contributed by atoms with Gasteiger partial charge < -0.3 is 10.1 Å². The lowest BCUT2D eigenvalue weighted by molar-refractivity contribution is -0.138. The summed E-state index contributed by atoms with van der Waals surface area (Å²) in [6, 6.07) is 10.3. The number of benzene rings is 2. The standard InChI is InChI=1S/C29H27F3N4O4/c1-16-14-33-35(3)25(16)22-13-24(40-17(22)2)26(37)34-19(12-18-8-4-7-11-23(18)29(30,31)32)15-36-27(38)20-9-5-6-10-21(20)28(36)39/h4-11,13-14,17,19,22H,12,15H2,1-3H3,(H,34,37)/t17?,19-,22?/m0/s1. The van der Waals surface area contributed by atoms with E-state index in [1.54, 1.807) is 36.1 Å². The third-order valence-corrected chi connectivity index (χ3v) is 7.27. The molecule has 3 amide bonds. The maximum absolute atomic E-state index is 13.8. The van der Waals surface area contributed by atoms with E-state index in [1.807, 2.05) is 13.8 Å². The van der Waals surface area contributed by atoms with E-state index < -0.39 is 41.6 Å². The van der Waals surface area contributed by atoms with E-state index in [0.29, 0.717) is 0 Å². The molecule has 1 aromatic heterocycles. The largest absolute Gasteiger partial charge is 0.484 e. The van der Waals surface area contributed by atoms with Gasteiger partial charge in [-0.1, -0.05) is 30.3 Å². The summed E-state index contributed by atoms with van der Waals surface area (Å²) in [7, 11) is 1.79. The number of imide groups is 1. The molecule has 3 heterocycles. The maximum Gasteiger partial charge on any atom is 0.416 e. The van der Waals surface area contributed by atoms with Crippen LogP contribution >= 0.6 is 0 Å². The van der Waals surface area contributed by atoms with Crippen molar-refractivity contribution in [2.45, 2.75) is 44.5 Å². The molecule has 3 aromatic rings. The highest BCUT2D eigenvalue weighted by atomic mass is 19.4. The van der Waals surface area contributed by atoms with E-state index in [9.17, 15) is 27.6 Å². The number of hydrogen-bond acceptors (Lipinski definition) is 5. The molecule has 0 aliphatic carbocycles. The number of carbonyl (C=O) groups is 3. The number of halogens is 3. The number of rotatable bonds is 7. The van der Waals surface area contributed by atoms with E-state index >= 15 is 0 Å². The highest BCUT2D eigenvalue weighted by Gasteiger charge is 2.39. The molecular formula is C29H27F3N4O4. The molecule has 0 saturated heterocycles. The zero-order valence-corrected chi connectivity index (χ0v) is 22.0. The first-order valence-corrected chi connectivity index (χ1v) is 12.7. The second kappa shape index (κ2) is 10.3. The van der Waals surface area contributed by atoms with Crippen molar-refractivity contribution in [2.24, 2.45) is 7.05 Å². The van der Waals surface area contributed by atoms with Gasteiger partial charge in [0.25, 0.3) is 17.7 Å². The van der Waals surface area contributed by atoms with Crippen LogP contribution in [0.1, 0.15) is 55.9 Å². The average molecular weight is 553 g/mol. The van der Waals surface area contributed by atoms with Gasteiger partial charge in [-0.2, -0.15) is 18.3 Å². The molecule has 11 heteroatoms. The zero-order valence-electron chi connectivity index (χ0n) is 22.0. The molecule has 0 radical (unpaired) electrons. The molecule has 0 spiro atoms. The summed E-state index contributed by atoms with van der Waals surface area (Å²) in [5.41, 5.74) is 1.28. The van der Waals surface area contributed by atoms with E-state index in [-0.39, 0.29) is 41.3 Å². The molecule has 2 aliphatic heterocycles. The van der Waals surface area contributed by atoms with Gasteiger partial charge in [0, 0.05) is 13.6 Å². The summed E-state index contributed by atoms with van der Waals surface area (Å²) in [6.45, 7) is 3.39. The summed E-state index contributed by atoms with van der Waals surface area (Å²) in [5, 5.41) is 6.98. The normalized spacial score (nSPS) is 19.4. The van der Waals surface area contributed by atoms with E-state index in [2.05, 4.69) is 10.4 Å². The minimum atomic E-state index is -4.62. The van der Waals surface area contributed by atoms with Gasteiger partial charge in [0.2, 0.25) is 0 Å². The number of alkyl halides is 3. The zero-order chi connectivity index (χ0) is 28.8. The van der Waals surface area contributed by atoms with Crippen LogP contribution in [0.5, 0.6) is 0 Å². The van der Waals surface area contributed by atoms with Crippen LogP contribution in [-0.2, 0) is 29.2 Å². The smallest absolute Gasteiger partial charge is 0.416 e. The van der Waals surface area contributed by atoms with Gasteiger partial charge in [0.15, 0.2) is 5.76 Å². The van der Waals surface area contributed by atoms with Crippen molar-refractivity contribution >= 4 is 17.7 Å². The Morgan fingerprint density at radius 2 is 1.70 bits per heavy atom. The topological polar surface area (TPSA) is 93.5 Å². The first kappa shape index (κ1) is 27.2. The fourth-order valence-corrected chi connectivity index (χ4v) is 5.36. The molecule has 0 fully saturated rings. The summed E-state index contributed by atoms with van der Waals surface area (Å²) < 4.78 is 48.8. The van der Waals surface area contributed by atoms with Crippen LogP contribution in [0.4, 0.5) is 13.2 Å². The molecule has 8 nitrogen and oxygen atoms in total. The number of amides is 3. The lowest BCUT2D eigenvalue weighted by atomic mass is 9.97. The van der Waals surface area contributed by atoms with Crippen LogP contribution in [0, 0.1) is 6.92 Å². The van der Waals surface area contributed by atoms with Crippen LogP contribution in [0.3, 0.4) is 0 Å². The fourth-order valence-electron chi connectivity index (χ4n) is 5.36. The van der Waals surface area contributed by atoms with Gasteiger partial charge in [-0.05, 0) is 55.7 Å². The summed E-state index contributed by atoms with van der Waals surface area (Å²) >= 11 is 0. The van der Waals surface area contributed by atoms with Gasteiger partial charge in [0.1, 0.15) is 6.10 Å². The van der Waals surface area contributed by atoms with Gasteiger partial charge in [-0.25, -0.2) is 0 Å². The van der Waals surface area contributed by atoms with Gasteiger partial charge in [-0.3, -0.25) is 24.0 Å². The first-order valence-electron chi connectivity index (χ1n) is 12.7. The monoisotopic (exact) mass is 552 g/mol. The molecular weight excluding hydrogens is 525 g/mol. The summed E-state index contributed by atoms with van der Waals surface area (Å²) in [4.78, 5) is 40.4.